The summed E-state index contributed by atoms with van der Waals surface area (Å²) < 4.78 is 0. The van der Waals surface area contributed by atoms with Crippen molar-refractivity contribution in [3.8, 4) is 0 Å². The van der Waals surface area contributed by atoms with Gasteiger partial charge in [-0.2, -0.15) is 0 Å². The molecule has 0 heterocycles. The van der Waals surface area contributed by atoms with Crippen LogP contribution in [0.5, 0.6) is 0 Å². The maximum Gasteiger partial charge on any atom is 0.101 e. The average molecular weight is 253 g/mol. The number of aliphatic hydroxyl groups excluding tert-OH is 2. The van der Waals surface area contributed by atoms with Crippen LogP contribution in [0, 0.1) is 6.92 Å². The first-order valence-electron chi connectivity index (χ1n) is 5.78. The van der Waals surface area contributed by atoms with Crippen molar-refractivity contribution in [2.24, 2.45) is 0 Å². The molecule has 5 heteroatoms. The van der Waals surface area contributed by atoms with Gasteiger partial charge in [0.05, 0.1) is 19.4 Å². The fourth-order valence-electron chi connectivity index (χ4n) is 1.21. The van der Waals surface area contributed by atoms with Gasteiger partial charge >= 0.3 is 0 Å². The third kappa shape index (κ3) is 5.79. The zero-order valence-electron chi connectivity index (χ0n) is 10.5. The van der Waals surface area contributed by atoms with E-state index in [-0.39, 0.29) is 26.4 Å². The molecule has 0 saturated carbocycles. The second-order valence-electron chi connectivity index (χ2n) is 3.63. The monoisotopic (exact) mass is 253 g/mol. The molecule has 0 bridgehead atoms. The largest absolute Gasteiger partial charge is 0.394 e. The van der Waals surface area contributed by atoms with Crippen molar-refractivity contribution in [3.63, 3.8) is 0 Å². The zero-order valence-corrected chi connectivity index (χ0v) is 10.5. The molecule has 0 aliphatic rings. The molecule has 18 heavy (non-hydrogen) atoms. The van der Waals surface area contributed by atoms with Crippen molar-refractivity contribution >= 4 is 6.08 Å². The molecule has 5 nitrogen and oxygen atoms in total. The van der Waals surface area contributed by atoms with E-state index in [0.717, 1.165) is 10.8 Å². The van der Waals surface area contributed by atoms with Crippen molar-refractivity contribution in [1.82, 2.24) is 5.23 Å². The molecular formula is C13H19NO4. The fourth-order valence-corrected chi connectivity index (χ4v) is 1.21. The molecule has 0 unspecified atom stereocenters. The van der Waals surface area contributed by atoms with Crippen LogP contribution in [0.2, 0.25) is 0 Å². The first-order valence-corrected chi connectivity index (χ1v) is 5.78. The van der Waals surface area contributed by atoms with Crippen LogP contribution in [-0.2, 0) is 9.68 Å². The Morgan fingerprint density at radius 2 is 1.61 bits per heavy atom. The molecular weight excluding hydrogens is 234 g/mol. The Morgan fingerprint density at radius 3 is 2.11 bits per heavy atom. The second kappa shape index (κ2) is 8.66. The van der Waals surface area contributed by atoms with Gasteiger partial charge in [-0.1, -0.05) is 29.8 Å². The number of aryl methyl sites for hydroxylation is 1. The predicted octanol–water partition coefficient (Wildman–Crippen LogP) is 1.12. The summed E-state index contributed by atoms with van der Waals surface area (Å²) in [6.45, 7) is 2.08. The van der Waals surface area contributed by atoms with Crippen LogP contribution in [0.3, 0.4) is 0 Å². The minimum Gasteiger partial charge on any atom is -0.394 e. The lowest BCUT2D eigenvalue weighted by Gasteiger charge is -2.17. The van der Waals surface area contributed by atoms with Gasteiger partial charge in [0.1, 0.15) is 13.2 Å². The van der Waals surface area contributed by atoms with Crippen molar-refractivity contribution in [2.75, 3.05) is 26.4 Å². The maximum absolute atomic E-state index is 8.68. The predicted molar refractivity (Wildman–Crippen MR) is 68.1 cm³/mol. The molecule has 100 valence electrons. The van der Waals surface area contributed by atoms with E-state index < -0.39 is 0 Å². The van der Waals surface area contributed by atoms with E-state index >= 15 is 0 Å². The molecule has 0 aliphatic heterocycles. The molecule has 2 N–H and O–H groups in total. The number of nitrogens with zero attached hydrogens (tertiary/aromatic N) is 1. The maximum atomic E-state index is 8.68. The summed E-state index contributed by atoms with van der Waals surface area (Å²) in [4.78, 5) is 10.2. The number of rotatable bonds is 8. The first-order chi connectivity index (χ1) is 8.76. The zero-order chi connectivity index (χ0) is 13.2. The molecule has 0 amide bonds. The lowest BCUT2D eigenvalue weighted by Crippen LogP contribution is -2.22. The molecule has 0 aliphatic carbocycles. The van der Waals surface area contributed by atoms with Crippen LogP contribution >= 0.6 is 0 Å². The van der Waals surface area contributed by atoms with Gasteiger partial charge in [0.25, 0.3) is 0 Å². The summed E-state index contributed by atoms with van der Waals surface area (Å²) in [6, 6.07) is 7.96. The number of aliphatic hydroxyl groups is 2. The van der Waals surface area contributed by atoms with E-state index in [9.17, 15) is 0 Å². The second-order valence-corrected chi connectivity index (χ2v) is 3.63. The number of benzene rings is 1. The molecule has 0 radical (unpaired) electrons. The molecule has 0 spiro atoms. The van der Waals surface area contributed by atoms with Gasteiger partial charge in [0, 0.05) is 0 Å². The SMILES string of the molecule is Cc1ccc(C=CN(OCCO)OCCO)cc1. The highest BCUT2D eigenvalue weighted by Crippen LogP contribution is 2.06. The number of hydrogen-bond acceptors (Lipinski definition) is 5. The summed E-state index contributed by atoms with van der Waals surface area (Å²) in [6.07, 6.45) is 3.41. The van der Waals surface area contributed by atoms with E-state index in [0.29, 0.717) is 0 Å². The van der Waals surface area contributed by atoms with E-state index in [2.05, 4.69) is 0 Å². The molecule has 0 atom stereocenters. The minimum absolute atomic E-state index is 0.0998. The van der Waals surface area contributed by atoms with Gasteiger partial charge in [-0.15, -0.1) is 5.23 Å². The Morgan fingerprint density at radius 1 is 1.06 bits per heavy atom. The minimum atomic E-state index is -0.0998. The van der Waals surface area contributed by atoms with Crippen molar-refractivity contribution in [2.45, 2.75) is 6.92 Å². The first kappa shape index (κ1) is 14.7. The van der Waals surface area contributed by atoms with E-state index in [4.69, 9.17) is 19.9 Å². The summed E-state index contributed by atoms with van der Waals surface area (Å²) in [5, 5.41) is 18.5. The Bertz CT molecular complexity index is 343. The quantitative estimate of drug-likeness (QED) is 0.680. The van der Waals surface area contributed by atoms with Crippen LogP contribution in [0.1, 0.15) is 11.1 Å². The smallest absolute Gasteiger partial charge is 0.101 e. The van der Waals surface area contributed by atoms with Crippen LogP contribution in [0.15, 0.2) is 30.5 Å². The topological polar surface area (TPSA) is 62.2 Å². The molecule has 1 aromatic rings. The van der Waals surface area contributed by atoms with Crippen LogP contribution in [0.4, 0.5) is 0 Å². The van der Waals surface area contributed by atoms with Gasteiger partial charge in [0.2, 0.25) is 0 Å². The van der Waals surface area contributed by atoms with Crippen molar-refractivity contribution < 1.29 is 19.9 Å². The fraction of sp³-hybridized carbons (Fsp3) is 0.385. The number of hydrogen-bond donors (Lipinski definition) is 2. The highest BCUT2D eigenvalue weighted by molar-refractivity contribution is 5.48. The molecule has 1 aromatic carbocycles. The molecule has 0 aromatic heterocycles. The Hall–Kier alpha value is -1.40. The summed E-state index contributed by atoms with van der Waals surface area (Å²) in [5.41, 5.74) is 2.20. The van der Waals surface area contributed by atoms with Crippen LogP contribution in [-0.4, -0.2) is 41.9 Å². The lowest BCUT2D eigenvalue weighted by molar-refractivity contribution is -0.339. The van der Waals surface area contributed by atoms with E-state index in [1.807, 2.05) is 37.3 Å². The van der Waals surface area contributed by atoms with Crippen molar-refractivity contribution in [3.05, 3.63) is 41.6 Å². The number of hydroxylamine groups is 2. The molecule has 0 fully saturated rings. The third-order valence-corrected chi connectivity index (χ3v) is 2.09. The van der Waals surface area contributed by atoms with Gasteiger partial charge in [-0.3, -0.25) is 0 Å². The normalized spacial score (nSPS) is 11.1. The molecule has 0 saturated heterocycles. The van der Waals surface area contributed by atoms with Gasteiger partial charge in [0.15, 0.2) is 0 Å². The van der Waals surface area contributed by atoms with Crippen molar-refractivity contribution in [1.29, 1.82) is 0 Å². The van der Waals surface area contributed by atoms with Crippen LogP contribution < -0.4 is 0 Å². The van der Waals surface area contributed by atoms with E-state index in [1.54, 1.807) is 6.20 Å². The summed E-state index contributed by atoms with van der Waals surface area (Å²) >= 11 is 0. The summed E-state index contributed by atoms with van der Waals surface area (Å²) in [5.74, 6) is 0. The van der Waals surface area contributed by atoms with E-state index in [1.165, 1.54) is 5.56 Å². The lowest BCUT2D eigenvalue weighted by atomic mass is 10.1. The average Bonchev–Trinajstić information content (AvgIpc) is 2.40. The Balaban J connectivity index is 2.54. The Kier molecular flexibility index (Phi) is 7.05. The molecule has 1 rings (SSSR count). The third-order valence-electron chi connectivity index (χ3n) is 2.09. The highest BCUT2D eigenvalue weighted by Gasteiger charge is 1.99. The van der Waals surface area contributed by atoms with Crippen LogP contribution in [0.25, 0.3) is 6.08 Å². The standard InChI is InChI=1S/C13H19NO4/c1-12-2-4-13(5-3-12)6-7-14(17-10-8-15)18-11-9-16/h2-7,15-16H,8-11H2,1H3. The summed E-state index contributed by atoms with van der Waals surface area (Å²) in [7, 11) is 0. The van der Waals surface area contributed by atoms with Gasteiger partial charge in [-0.05, 0) is 18.6 Å². The van der Waals surface area contributed by atoms with Gasteiger partial charge < -0.3 is 10.2 Å². The highest BCUT2D eigenvalue weighted by atomic mass is 16.9. The Labute approximate surface area is 107 Å². The van der Waals surface area contributed by atoms with Gasteiger partial charge in [-0.25, -0.2) is 9.68 Å².